The normalized spacial score (nSPS) is 20.6. The molecule has 0 saturated carbocycles. The minimum atomic E-state index is 0.123. The molecule has 22 heavy (non-hydrogen) atoms. The van der Waals surface area contributed by atoms with Crippen LogP contribution < -0.4 is 5.32 Å². The lowest BCUT2D eigenvalue weighted by Crippen LogP contribution is -2.44. The Morgan fingerprint density at radius 1 is 1.36 bits per heavy atom. The fourth-order valence-electron chi connectivity index (χ4n) is 3.08. The Hall–Kier alpha value is -1.39. The smallest absolute Gasteiger partial charge is 0.234 e. The largest absolute Gasteiger partial charge is 0.351 e. The summed E-state index contributed by atoms with van der Waals surface area (Å²) in [6, 6.07) is 8.72. The molecule has 0 spiro atoms. The molecule has 1 saturated heterocycles. The molecule has 1 amide bonds. The lowest BCUT2D eigenvalue weighted by Gasteiger charge is -2.28. The van der Waals surface area contributed by atoms with Gasteiger partial charge in [-0.25, -0.2) is 0 Å². The average Bonchev–Trinajstić information content (AvgIpc) is 2.67. The van der Waals surface area contributed by atoms with Crippen molar-refractivity contribution in [1.29, 1.82) is 0 Å². The summed E-state index contributed by atoms with van der Waals surface area (Å²) in [5, 5.41) is 3.05. The molecule has 1 fully saturated rings. The molecule has 1 heterocycles. The number of benzene rings is 1. The Balaban J connectivity index is 1.81. The van der Waals surface area contributed by atoms with E-state index in [4.69, 9.17) is 0 Å². The number of rotatable bonds is 5. The van der Waals surface area contributed by atoms with E-state index in [1.165, 1.54) is 5.56 Å². The molecule has 0 bridgehead atoms. The Morgan fingerprint density at radius 3 is 2.91 bits per heavy atom. The van der Waals surface area contributed by atoms with E-state index in [0.29, 0.717) is 19.1 Å². The lowest BCUT2D eigenvalue weighted by molar-refractivity contribution is -0.122. The first-order valence-electron chi connectivity index (χ1n) is 8.37. The zero-order valence-corrected chi connectivity index (χ0v) is 14.1. The molecule has 1 N–H and O–H groups in total. The highest BCUT2D eigenvalue weighted by Gasteiger charge is 2.22. The predicted octanol–water partition coefficient (Wildman–Crippen LogP) is 2.03. The maximum Gasteiger partial charge on any atom is 0.234 e. The summed E-state index contributed by atoms with van der Waals surface area (Å²) in [6.07, 6.45) is 1.14. The lowest BCUT2D eigenvalue weighted by atomic mass is 10.1. The molecule has 122 valence electrons. The van der Waals surface area contributed by atoms with Crippen molar-refractivity contribution in [3.05, 3.63) is 35.4 Å². The Kier molecular flexibility index (Phi) is 6.40. The van der Waals surface area contributed by atoms with Crippen molar-refractivity contribution in [3.63, 3.8) is 0 Å². The van der Waals surface area contributed by atoms with Crippen LogP contribution in [0.25, 0.3) is 0 Å². The van der Waals surface area contributed by atoms with Crippen LogP contribution in [-0.4, -0.2) is 54.5 Å². The summed E-state index contributed by atoms with van der Waals surface area (Å²) in [5.74, 6) is 0.123. The summed E-state index contributed by atoms with van der Waals surface area (Å²) < 4.78 is 0. The van der Waals surface area contributed by atoms with Gasteiger partial charge in [-0.1, -0.05) is 36.8 Å². The maximum absolute atomic E-state index is 12.2. The fourth-order valence-corrected chi connectivity index (χ4v) is 3.08. The van der Waals surface area contributed by atoms with E-state index >= 15 is 0 Å². The minimum absolute atomic E-state index is 0.123. The van der Waals surface area contributed by atoms with E-state index in [1.54, 1.807) is 0 Å². The minimum Gasteiger partial charge on any atom is -0.351 e. The van der Waals surface area contributed by atoms with Gasteiger partial charge in [-0.3, -0.25) is 9.69 Å². The highest BCUT2D eigenvalue weighted by atomic mass is 16.2. The fraction of sp³-hybridized carbons (Fsp3) is 0.611. The molecular formula is C18H29N3O. The van der Waals surface area contributed by atoms with Crippen LogP contribution in [0, 0.1) is 6.92 Å². The molecule has 1 aliphatic rings. The van der Waals surface area contributed by atoms with Gasteiger partial charge in [0.15, 0.2) is 0 Å². The van der Waals surface area contributed by atoms with Crippen LogP contribution in [0.15, 0.2) is 24.3 Å². The number of hydrogen-bond acceptors (Lipinski definition) is 3. The topological polar surface area (TPSA) is 35.6 Å². The van der Waals surface area contributed by atoms with Crippen molar-refractivity contribution in [2.75, 3.05) is 32.7 Å². The summed E-state index contributed by atoms with van der Waals surface area (Å²) in [5.41, 5.74) is 2.39. The third-order valence-corrected chi connectivity index (χ3v) is 4.43. The van der Waals surface area contributed by atoms with Crippen molar-refractivity contribution >= 4 is 5.91 Å². The number of carbonyl (C=O) groups is 1. The standard InChI is InChI=1S/C18H29N3O/c1-4-20-9-6-10-21(16(3)13-20)14-18(22)19-12-17-8-5-7-15(2)11-17/h5,7-8,11,16H,4,6,9-10,12-14H2,1-3H3,(H,19,22)/t16-/m0/s1. The Labute approximate surface area is 134 Å². The van der Waals surface area contributed by atoms with E-state index in [9.17, 15) is 4.79 Å². The number of nitrogens with zero attached hydrogens (tertiary/aromatic N) is 2. The van der Waals surface area contributed by atoms with Crippen molar-refractivity contribution in [2.45, 2.75) is 39.8 Å². The summed E-state index contributed by atoms with van der Waals surface area (Å²) in [7, 11) is 0. The third-order valence-electron chi connectivity index (χ3n) is 4.43. The van der Waals surface area contributed by atoms with Crippen molar-refractivity contribution in [1.82, 2.24) is 15.1 Å². The highest BCUT2D eigenvalue weighted by Crippen LogP contribution is 2.09. The van der Waals surface area contributed by atoms with E-state index in [0.717, 1.165) is 38.2 Å². The predicted molar refractivity (Wildman–Crippen MR) is 90.8 cm³/mol. The summed E-state index contributed by atoms with van der Waals surface area (Å²) >= 11 is 0. The maximum atomic E-state index is 12.2. The van der Waals surface area contributed by atoms with Crippen LogP contribution in [0.4, 0.5) is 0 Å². The first-order chi connectivity index (χ1) is 10.6. The van der Waals surface area contributed by atoms with E-state index in [1.807, 2.05) is 6.07 Å². The number of likely N-dealkylation sites (N-methyl/N-ethyl adjacent to an activating group) is 1. The number of carbonyl (C=O) groups excluding carboxylic acids is 1. The molecule has 4 nitrogen and oxygen atoms in total. The van der Waals surface area contributed by atoms with Gasteiger partial charge in [0.1, 0.15) is 0 Å². The monoisotopic (exact) mass is 303 g/mol. The molecule has 1 atom stereocenters. The zero-order valence-electron chi connectivity index (χ0n) is 14.1. The van der Waals surface area contributed by atoms with Gasteiger partial charge in [0.2, 0.25) is 5.91 Å². The van der Waals surface area contributed by atoms with Gasteiger partial charge >= 0.3 is 0 Å². The first kappa shape index (κ1) is 17.0. The van der Waals surface area contributed by atoms with Gasteiger partial charge in [0.05, 0.1) is 6.54 Å². The number of nitrogens with one attached hydrogen (secondary N) is 1. The number of aryl methyl sites for hydroxylation is 1. The van der Waals surface area contributed by atoms with Gasteiger partial charge in [0.25, 0.3) is 0 Å². The average molecular weight is 303 g/mol. The van der Waals surface area contributed by atoms with Crippen LogP contribution in [0.3, 0.4) is 0 Å². The molecule has 2 rings (SSSR count). The molecule has 1 aliphatic heterocycles. The molecule has 0 radical (unpaired) electrons. The van der Waals surface area contributed by atoms with Gasteiger partial charge in [-0.2, -0.15) is 0 Å². The molecule has 0 unspecified atom stereocenters. The summed E-state index contributed by atoms with van der Waals surface area (Å²) in [4.78, 5) is 17.0. The zero-order chi connectivity index (χ0) is 15.9. The van der Waals surface area contributed by atoms with Crippen molar-refractivity contribution in [2.24, 2.45) is 0 Å². The SMILES string of the molecule is CCN1CCCN(CC(=O)NCc2cccc(C)c2)[C@@H](C)C1. The number of hydrogen-bond donors (Lipinski definition) is 1. The second-order valence-electron chi connectivity index (χ2n) is 6.33. The molecule has 0 aromatic heterocycles. The second-order valence-corrected chi connectivity index (χ2v) is 6.33. The van der Waals surface area contributed by atoms with Gasteiger partial charge in [-0.15, -0.1) is 0 Å². The van der Waals surface area contributed by atoms with E-state index in [-0.39, 0.29) is 5.91 Å². The molecule has 0 aliphatic carbocycles. The van der Waals surface area contributed by atoms with E-state index < -0.39 is 0 Å². The Morgan fingerprint density at radius 2 is 2.18 bits per heavy atom. The van der Waals surface area contributed by atoms with Crippen molar-refractivity contribution in [3.8, 4) is 0 Å². The van der Waals surface area contributed by atoms with Crippen LogP contribution in [-0.2, 0) is 11.3 Å². The quantitative estimate of drug-likeness (QED) is 0.904. The van der Waals surface area contributed by atoms with Crippen LogP contribution >= 0.6 is 0 Å². The van der Waals surface area contributed by atoms with Crippen molar-refractivity contribution < 1.29 is 4.79 Å². The third kappa shape index (κ3) is 5.11. The van der Waals surface area contributed by atoms with Gasteiger partial charge in [0, 0.05) is 25.7 Å². The first-order valence-corrected chi connectivity index (χ1v) is 8.37. The summed E-state index contributed by atoms with van der Waals surface area (Å²) in [6.45, 7) is 11.9. The second kappa shape index (κ2) is 8.30. The highest BCUT2D eigenvalue weighted by molar-refractivity contribution is 5.78. The van der Waals surface area contributed by atoms with Crippen LogP contribution in [0.2, 0.25) is 0 Å². The van der Waals surface area contributed by atoms with Crippen LogP contribution in [0.5, 0.6) is 0 Å². The molecule has 1 aromatic rings. The van der Waals surface area contributed by atoms with Gasteiger partial charge in [-0.05, 0) is 38.9 Å². The van der Waals surface area contributed by atoms with Gasteiger partial charge < -0.3 is 10.2 Å². The molecule has 1 aromatic carbocycles. The Bertz CT molecular complexity index is 489. The van der Waals surface area contributed by atoms with E-state index in [2.05, 4.69) is 54.1 Å². The number of amides is 1. The van der Waals surface area contributed by atoms with Crippen LogP contribution in [0.1, 0.15) is 31.4 Å². The molecule has 4 heteroatoms. The molecular weight excluding hydrogens is 274 g/mol.